The number of aromatic nitrogens is 2. The highest BCUT2D eigenvalue weighted by atomic mass is 35.5. The third-order valence-electron chi connectivity index (χ3n) is 19.1. The second-order valence-electron chi connectivity index (χ2n) is 24.9. The second-order valence-corrected chi connectivity index (χ2v) is 25.3. The van der Waals surface area contributed by atoms with E-state index in [1.54, 1.807) is 0 Å². The lowest BCUT2D eigenvalue weighted by Gasteiger charge is -2.32. The smallest absolute Gasteiger partial charge is 0.454 e. The largest absolute Gasteiger partial charge is 0.496 e. The van der Waals surface area contributed by atoms with Crippen LogP contribution in [0.2, 0.25) is 5.02 Å². The standard InChI is InChI=1S/C39H23NO.C30H27BO2.C15H8ClNO/c1-2-12-25-23-26(22-21-24(25)11-1)35-27-13-3-5-15-29(27)36(30-16-6-4-14-28(30)35)37-31-17-7-9-19-33(31)40-38-32-18-8-10-20-34(32)41-39(37)38;1-29(2)30(3,4)33-31(32-29)28-25-15-9-7-13-23(25)27(24-14-8-10-16-26(24)28)22-18-17-20-11-5-6-12-21(20)19-22;16-13-9-5-1-3-7-11(9)17-14-10-6-2-4-8-12(10)18-15(13)14/h1-23H;5-19H,1-4H3;1-8H. The lowest BCUT2D eigenvalue weighted by Crippen LogP contribution is -2.41. The van der Waals surface area contributed by atoms with Gasteiger partial charge in [0.1, 0.15) is 22.2 Å². The van der Waals surface area contributed by atoms with Crippen molar-refractivity contribution >= 4 is 155 Å². The van der Waals surface area contributed by atoms with Gasteiger partial charge in [-0.3, -0.25) is 0 Å². The molecule has 8 heteroatoms. The molecule has 1 aliphatic rings. The highest BCUT2D eigenvalue weighted by molar-refractivity contribution is 6.69. The summed E-state index contributed by atoms with van der Waals surface area (Å²) in [7, 11) is -0.421. The van der Waals surface area contributed by atoms with Crippen molar-refractivity contribution in [1.29, 1.82) is 0 Å². The fourth-order valence-electron chi connectivity index (χ4n) is 14.0. The quantitative estimate of drug-likeness (QED) is 0.129. The highest BCUT2D eigenvalue weighted by Crippen LogP contribution is 2.49. The van der Waals surface area contributed by atoms with Crippen molar-refractivity contribution in [2.75, 3.05) is 0 Å². The number of para-hydroxylation sites is 4. The van der Waals surface area contributed by atoms with Gasteiger partial charge < -0.3 is 18.1 Å². The van der Waals surface area contributed by atoms with E-state index in [-0.39, 0.29) is 0 Å². The molecule has 14 aromatic carbocycles. The van der Waals surface area contributed by atoms with Gasteiger partial charge in [-0.25, -0.2) is 9.97 Å². The first-order chi connectivity index (χ1) is 45.0. The summed E-state index contributed by atoms with van der Waals surface area (Å²) >= 11 is 6.41. The molecule has 1 saturated heterocycles. The number of benzene rings is 14. The molecular weight excluding hydrogens is 1150 g/mol. The second kappa shape index (κ2) is 21.8. The molecule has 0 aliphatic carbocycles. The average molecular weight is 1210 g/mol. The molecule has 19 rings (SSSR count). The van der Waals surface area contributed by atoms with Gasteiger partial charge in [-0.2, -0.15) is 0 Å². The van der Waals surface area contributed by atoms with Crippen LogP contribution in [0.15, 0.2) is 288 Å². The van der Waals surface area contributed by atoms with Gasteiger partial charge >= 0.3 is 7.12 Å². The number of pyridine rings is 2. The zero-order valence-electron chi connectivity index (χ0n) is 51.0. The van der Waals surface area contributed by atoms with E-state index in [9.17, 15) is 0 Å². The van der Waals surface area contributed by atoms with Crippen LogP contribution >= 0.6 is 11.6 Å². The lowest BCUT2D eigenvalue weighted by atomic mass is 9.71. The molecule has 5 heterocycles. The Kier molecular flexibility index (Phi) is 13.1. The van der Waals surface area contributed by atoms with Gasteiger partial charge in [0, 0.05) is 32.7 Å². The molecule has 0 spiro atoms. The maximum absolute atomic E-state index is 6.64. The van der Waals surface area contributed by atoms with Crippen LogP contribution in [0, 0.1) is 0 Å². The third kappa shape index (κ3) is 9.02. The van der Waals surface area contributed by atoms with E-state index in [1.165, 1.54) is 92.5 Å². The zero-order chi connectivity index (χ0) is 61.8. The number of furan rings is 2. The van der Waals surface area contributed by atoms with Crippen molar-refractivity contribution in [1.82, 2.24) is 9.97 Å². The number of fused-ring (bicyclic) bond motifs is 14. The van der Waals surface area contributed by atoms with Crippen LogP contribution in [0.1, 0.15) is 27.7 Å². The van der Waals surface area contributed by atoms with E-state index in [4.69, 9.17) is 34.7 Å². The number of nitrogens with zero attached hydrogens (tertiary/aromatic N) is 2. The number of hydrogen-bond donors (Lipinski definition) is 0. The molecule has 0 unspecified atom stereocenters. The minimum atomic E-state index is -0.421. The van der Waals surface area contributed by atoms with Crippen LogP contribution in [-0.4, -0.2) is 28.3 Å². The van der Waals surface area contributed by atoms with Gasteiger partial charge in [0.05, 0.1) is 27.3 Å². The maximum Gasteiger partial charge on any atom is 0.496 e. The van der Waals surface area contributed by atoms with E-state index in [0.717, 1.165) is 71.4 Å². The van der Waals surface area contributed by atoms with E-state index in [0.29, 0.717) is 10.6 Å². The molecule has 438 valence electrons. The van der Waals surface area contributed by atoms with Crippen LogP contribution in [-0.2, 0) is 9.31 Å². The maximum atomic E-state index is 6.64. The predicted molar refractivity (Wildman–Crippen MR) is 387 cm³/mol. The summed E-state index contributed by atoms with van der Waals surface area (Å²) in [5, 5.41) is 19.3. The number of rotatable bonds is 4. The fraction of sp³-hybridized carbons (Fsp3) is 0.0714. The fourth-order valence-corrected chi connectivity index (χ4v) is 14.3. The molecule has 0 atom stereocenters. The molecule has 0 radical (unpaired) electrons. The van der Waals surface area contributed by atoms with E-state index >= 15 is 0 Å². The van der Waals surface area contributed by atoms with Crippen molar-refractivity contribution in [3.8, 4) is 33.4 Å². The summed E-state index contributed by atoms with van der Waals surface area (Å²) in [6.45, 7) is 8.45. The van der Waals surface area contributed by atoms with Crippen LogP contribution in [0.3, 0.4) is 0 Å². The Morgan fingerprint density at radius 2 is 0.641 bits per heavy atom. The Labute approximate surface area is 536 Å². The van der Waals surface area contributed by atoms with E-state index in [2.05, 4.69) is 251 Å². The van der Waals surface area contributed by atoms with Gasteiger partial charge in [-0.1, -0.05) is 242 Å². The Bertz CT molecular complexity index is 5900. The predicted octanol–water partition coefficient (Wildman–Crippen LogP) is 22.8. The third-order valence-corrected chi connectivity index (χ3v) is 19.4. The Hall–Kier alpha value is -10.7. The first-order valence-electron chi connectivity index (χ1n) is 31.3. The minimum Gasteiger partial charge on any atom is -0.454 e. The van der Waals surface area contributed by atoms with Crippen LogP contribution in [0.5, 0.6) is 0 Å². The molecule has 0 saturated carbocycles. The minimum absolute atomic E-state index is 0.392. The summed E-state index contributed by atoms with van der Waals surface area (Å²) in [6, 6.07) is 97.9. The van der Waals surface area contributed by atoms with Gasteiger partial charge in [0.2, 0.25) is 0 Å². The first-order valence-corrected chi connectivity index (χ1v) is 31.7. The molecule has 0 N–H and O–H groups in total. The van der Waals surface area contributed by atoms with Gasteiger partial charge in [-0.05, 0) is 169 Å². The van der Waals surface area contributed by atoms with Gasteiger partial charge in [0.25, 0.3) is 0 Å². The van der Waals surface area contributed by atoms with Crippen LogP contribution < -0.4 is 5.46 Å². The molecule has 4 aromatic heterocycles. The summed E-state index contributed by atoms with van der Waals surface area (Å²) in [5.74, 6) is 0. The summed E-state index contributed by atoms with van der Waals surface area (Å²) in [5.41, 5.74) is 14.3. The Balaban J connectivity index is 0.000000113. The van der Waals surface area contributed by atoms with Crippen molar-refractivity contribution in [3.63, 3.8) is 0 Å². The highest BCUT2D eigenvalue weighted by Gasteiger charge is 2.52. The van der Waals surface area contributed by atoms with Crippen molar-refractivity contribution in [2.24, 2.45) is 0 Å². The van der Waals surface area contributed by atoms with E-state index < -0.39 is 18.3 Å². The molecule has 0 amide bonds. The number of halogens is 1. The molecule has 1 aliphatic heterocycles. The SMILES string of the molecule is CC1(C)OB(c2c3ccccc3c(-c3ccc4ccccc4c3)c3ccccc23)OC1(C)C.Clc1c2ccccc2nc2c1oc1ccccc12.c1ccc2cc(-c3c4ccccc4c(-c4c5ccccc5nc5c4oc4ccccc45)c4ccccc34)ccc2c1. The molecule has 92 heavy (non-hydrogen) atoms. The normalized spacial score (nSPS) is 13.8. The molecular formula is C84H58BClN2O4. The summed E-state index contributed by atoms with van der Waals surface area (Å²) in [6.07, 6.45) is 0. The van der Waals surface area contributed by atoms with Crippen LogP contribution in [0.25, 0.3) is 164 Å². The van der Waals surface area contributed by atoms with Gasteiger partial charge in [0.15, 0.2) is 11.2 Å². The molecule has 0 bridgehead atoms. The Morgan fingerprint density at radius 1 is 0.304 bits per heavy atom. The van der Waals surface area contributed by atoms with Crippen molar-refractivity contribution in [3.05, 3.63) is 284 Å². The summed E-state index contributed by atoms with van der Waals surface area (Å²) < 4.78 is 25.5. The van der Waals surface area contributed by atoms with Crippen LogP contribution in [0.4, 0.5) is 0 Å². The molecule has 1 fully saturated rings. The monoisotopic (exact) mass is 1200 g/mol. The first kappa shape index (κ1) is 55.4. The lowest BCUT2D eigenvalue weighted by molar-refractivity contribution is 0.00578. The average Bonchev–Trinajstić information content (AvgIpc) is 1.04. The zero-order valence-corrected chi connectivity index (χ0v) is 51.8. The van der Waals surface area contributed by atoms with Gasteiger partial charge in [-0.15, -0.1) is 0 Å². The van der Waals surface area contributed by atoms with Crippen molar-refractivity contribution in [2.45, 2.75) is 38.9 Å². The van der Waals surface area contributed by atoms with E-state index in [1.807, 2.05) is 60.7 Å². The summed E-state index contributed by atoms with van der Waals surface area (Å²) in [4.78, 5) is 9.76. The topological polar surface area (TPSA) is 70.5 Å². The van der Waals surface area contributed by atoms with Crippen molar-refractivity contribution < 1.29 is 18.1 Å². The number of hydrogen-bond acceptors (Lipinski definition) is 6. The molecule has 18 aromatic rings. The molecule has 6 nitrogen and oxygen atoms in total. The Morgan fingerprint density at radius 3 is 1.12 bits per heavy atom.